The number of benzene rings is 2. The maximum Gasteiger partial charge on any atom is 0.141 e. The normalized spacial score (nSPS) is 10.9. The Kier molecular flexibility index (Phi) is 4.81. The monoisotopic (exact) mass is 336 g/mol. The molecule has 2 aromatic carbocycles. The van der Waals surface area contributed by atoms with E-state index in [1.807, 2.05) is 37.3 Å². The molecule has 0 saturated carbocycles. The smallest absolute Gasteiger partial charge is 0.141 e. The van der Waals surface area contributed by atoms with Crippen LogP contribution >= 0.6 is 15.9 Å². The van der Waals surface area contributed by atoms with Crippen LogP contribution in [0, 0.1) is 12.7 Å². The Balaban J connectivity index is 2.31. The van der Waals surface area contributed by atoms with E-state index in [9.17, 15) is 4.39 Å². The van der Waals surface area contributed by atoms with E-state index in [-0.39, 0.29) is 11.7 Å². The summed E-state index contributed by atoms with van der Waals surface area (Å²) in [6.45, 7) is 6.53. The molecule has 3 heteroatoms. The molecular formula is C17H18BrFO. The fraction of sp³-hybridized carbons (Fsp3) is 0.294. The van der Waals surface area contributed by atoms with Crippen LogP contribution in [0.1, 0.15) is 36.5 Å². The van der Waals surface area contributed by atoms with Crippen molar-refractivity contribution >= 4 is 15.9 Å². The molecule has 0 aliphatic rings. The van der Waals surface area contributed by atoms with Gasteiger partial charge < -0.3 is 4.74 Å². The van der Waals surface area contributed by atoms with Crippen LogP contribution in [0.2, 0.25) is 0 Å². The zero-order valence-electron chi connectivity index (χ0n) is 11.9. The predicted molar refractivity (Wildman–Crippen MR) is 83.7 cm³/mol. The van der Waals surface area contributed by atoms with Crippen molar-refractivity contribution in [2.75, 3.05) is 0 Å². The molecule has 20 heavy (non-hydrogen) atoms. The van der Waals surface area contributed by atoms with E-state index in [2.05, 4.69) is 29.8 Å². The largest absolute Gasteiger partial charge is 0.488 e. The lowest BCUT2D eigenvalue weighted by Crippen LogP contribution is -2.03. The Labute approximate surface area is 127 Å². The molecule has 0 unspecified atom stereocenters. The minimum Gasteiger partial charge on any atom is -0.488 e. The molecule has 0 saturated heterocycles. The van der Waals surface area contributed by atoms with Crippen molar-refractivity contribution in [2.45, 2.75) is 33.3 Å². The van der Waals surface area contributed by atoms with Crippen LogP contribution in [0.3, 0.4) is 0 Å². The molecule has 0 heterocycles. The second kappa shape index (κ2) is 6.40. The summed E-state index contributed by atoms with van der Waals surface area (Å²) in [6.07, 6.45) is 0. The van der Waals surface area contributed by atoms with E-state index in [4.69, 9.17) is 4.74 Å². The Hall–Kier alpha value is -1.35. The molecule has 0 aliphatic heterocycles. The number of rotatable bonds is 4. The van der Waals surface area contributed by atoms with Gasteiger partial charge in [-0.1, -0.05) is 44.2 Å². The third kappa shape index (κ3) is 3.21. The number of hydrogen-bond donors (Lipinski definition) is 0. The average molecular weight is 337 g/mol. The first-order valence-electron chi connectivity index (χ1n) is 6.66. The van der Waals surface area contributed by atoms with Gasteiger partial charge in [-0.3, -0.25) is 0 Å². The van der Waals surface area contributed by atoms with Crippen molar-refractivity contribution in [3.63, 3.8) is 0 Å². The highest BCUT2D eigenvalue weighted by Gasteiger charge is 2.17. The number of ether oxygens (including phenoxy) is 1. The maximum atomic E-state index is 13.9. The van der Waals surface area contributed by atoms with Crippen molar-refractivity contribution in [1.82, 2.24) is 0 Å². The minimum absolute atomic E-state index is 0.276. The van der Waals surface area contributed by atoms with Crippen LogP contribution in [0.5, 0.6) is 5.75 Å². The van der Waals surface area contributed by atoms with E-state index in [0.29, 0.717) is 16.8 Å². The molecule has 1 nitrogen and oxygen atoms in total. The Morgan fingerprint density at radius 1 is 1.20 bits per heavy atom. The molecule has 0 aromatic heterocycles. The second-order valence-electron chi connectivity index (χ2n) is 5.14. The SMILES string of the molecule is Cc1c(Br)c(F)cc(OCc2ccccc2)c1C(C)C. The van der Waals surface area contributed by atoms with Crippen molar-refractivity contribution in [1.29, 1.82) is 0 Å². The third-order valence-electron chi connectivity index (χ3n) is 3.28. The van der Waals surface area contributed by atoms with E-state index < -0.39 is 0 Å². The van der Waals surface area contributed by atoms with Gasteiger partial charge in [-0.25, -0.2) is 4.39 Å². The van der Waals surface area contributed by atoms with Gasteiger partial charge in [-0.2, -0.15) is 0 Å². The number of halogens is 2. The standard InChI is InChI=1S/C17H18BrFO/c1-11(2)16-12(3)17(18)14(19)9-15(16)20-10-13-7-5-4-6-8-13/h4-9,11H,10H2,1-3H3. The molecule has 0 fully saturated rings. The fourth-order valence-electron chi connectivity index (χ4n) is 2.31. The summed E-state index contributed by atoms with van der Waals surface area (Å²) in [5.74, 6) is 0.620. The highest BCUT2D eigenvalue weighted by molar-refractivity contribution is 9.10. The van der Waals surface area contributed by atoms with E-state index in [0.717, 1.165) is 16.7 Å². The van der Waals surface area contributed by atoms with E-state index in [1.54, 1.807) is 0 Å². The summed E-state index contributed by atoms with van der Waals surface area (Å²) in [7, 11) is 0. The first-order chi connectivity index (χ1) is 9.50. The van der Waals surface area contributed by atoms with Gasteiger partial charge in [0.05, 0.1) is 4.47 Å². The lowest BCUT2D eigenvalue weighted by atomic mass is 9.96. The van der Waals surface area contributed by atoms with Gasteiger partial charge in [0.25, 0.3) is 0 Å². The molecule has 0 radical (unpaired) electrons. The molecule has 0 amide bonds. The summed E-state index contributed by atoms with van der Waals surface area (Å²) in [5.41, 5.74) is 3.03. The molecule has 0 atom stereocenters. The summed E-state index contributed by atoms with van der Waals surface area (Å²) in [4.78, 5) is 0. The Morgan fingerprint density at radius 3 is 2.45 bits per heavy atom. The highest BCUT2D eigenvalue weighted by atomic mass is 79.9. The fourth-order valence-corrected chi connectivity index (χ4v) is 2.64. The topological polar surface area (TPSA) is 9.23 Å². The van der Waals surface area contributed by atoms with Gasteiger partial charge in [0.2, 0.25) is 0 Å². The zero-order chi connectivity index (χ0) is 14.7. The summed E-state index contributed by atoms with van der Waals surface area (Å²) in [5, 5.41) is 0. The van der Waals surface area contributed by atoms with Crippen molar-refractivity contribution in [3.8, 4) is 5.75 Å². The lowest BCUT2D eigenvalue weighted by Gasteiger charge is -2.18. The molecule has 0 bridgehead atoms. The van der Waals surface area contributed by atoms with Crippen LogP contribution < -0.4 is 4.74 Å². The summed E-state index contributed by atoms with van der Waals surface area (Å²) >= 11 is 3.30. The first kappa shape index (κ1) is 15.0. The average Bonchev–Trinajstić information content (AvgIpc) is 2.43. The molecule has 2 rings (SSSR count). The molecule has 0 N–H and O–H groups in total. The third-order valence-corrected chi connectivity index (χ3v) is 4.25. The highest BCUT2D eigenvalue weighted by Crippen LogP contribution is 2.36. The van der Waals surface area contributed by atoms with Gasteiger partial charge in [0.15, 0.2) is 0 Å². The zero-order valence-corrected chi connectivity index (χ0v) is 13.5. The number of hydrogen-bond acceptors (Lipinski definition) is 1. The van der Waals surface area contributed by atoms with Crippen LogP contribution in [0.25, 0.3) is 0 Å². The van der Waals surface area contributed by atoms with Gasteiger partial charge in [-0.05, 0) is 39.9 Å². The first-order valence-corrected chi connectivity index (χ1v) is 7.45. The predicted octanol–water partition coefficient (Wildman–Crippen LogP) is 5.60. The van der Waals surface area contributed by atoms with Crippen LogP contribution in [0.15, 0.2) is 40.9 Å². The molecular weight excluding hydrogens is 319 g/mol. The Bertz CT molecular complexity index is 594. The maximum absolute atomic E-state index is 13.9. The minimum atomic E-state index is -0.282. The van der Waals surface area contributed by atoms with Gasteiger partial charge in [0, 0.05) is 11.6 Å². The van der Waals surface area contributed by atoms with E-state index in [1.165, 1.54) is 6.07 Å². The van der Waals surface area contributed by atoms with Gasteiger partial charge in [-0.15, -0.1) is 0 Å². The van der Waals surface area contributed by atoms with Crippen LogP contribution in [-0.2, 0) is 6.61 Å². The van der Waals surface area contributed by atoms with Crippen molar-refractivity contribution < 1.29 is 9.13 Å². The molecule has 0 aliphatic carbocycles. The lowest BCUT2D eigenvalue weighted by molar-refractivity contribution is 0.299. The van der Waals surface area contributed by atoms with Crippen molar-refractivity contribution in [2.24, 2.45) is 0 Å². The molecule has 2 aromatic rings. The Morgan fingerprint density at radius 2 is 1.85 bits per heavy atom. The van der Waals surface area contributed by atoms with E-state index >= 15 is 0 Å². The summed E-state index contributed by atoms with van der Waals surface area (Å²) in [6, 6.07) is 11.4. The van der Waals surface area contributed by atoms with Crippen LogP contribution in [0.4, 0.5) is 4.39 Å². The second-order valence-corrected chi connectivity index (χ2v) is 5.93. The quantitative estimate of drug-likeness (QED) is 0.706. The van der Waals surface area contributed by atoms with Gasteiger partial charge in [0.1, 0.15) is 18.2 Å². The van der Waals surface area contributed by atoms with Crippen molar-refractivity contribution in [3.05, 3.63) is 63.4 Å². The summed E-state index contributed by atoms with van der Waals surface area (Å²) < 4.78 is 20.2. The molecule has 106 valence electrons. The van der Waals surface area contributed by atoms with Gasteiger partial charge >= 0.3 is 0 Å². The molecule has 0 spiro atoms. The van der Waals surface area contributed by atoms with Crippen LogP contribution in [-0.4, -0.2) is 0 Å².